The van der Waals surface area contributed by atoms with Crippen LogP contribution in [0.15, 0.2) is 30.8 Å². The van der Waals surface area contributed by atoms with Gasteiger partial charge in [0.1, 0.15) is 5.60 Å². The molecule has 0 bridgehead atoms. The zero-order chi connectivity index (χ0) is 12.2. The van der Waals surface area contributed by atoms with Crippen molar-refractivity contribution < 1.29 is 9.53 Å². The van der Waals surface area contributed by atoms with Crippen LogP contribution in [0.1, 0.15) is 43.1 Å². The van der Waals surface area contributed by atoms with E-state index in [1.807, 2.05) is 32.9 Å². The van der Waals surface area contributed by atoms with Crippen LogP contribution >= 0.6 is 0 Å². The van der Waals surface area contributed by atoms with Crippen molar-refractivity contribution in [3.63, 3.8) is 0 Å². The summed E-state index contributed by atoms with van der Waals surface area (Å²) in [4.78, 5) is 11.8. The van der Waals surface area contributed by atoms with Crippen molar-refractivity contribution in [1.82, 2.24) is 0 Å². The van der Waals surface area contributed by atoms with E-state index in [-0.39, 0.29) is 5.97 Å². The average Bonchev–Trinajstić information content (AvgIpc) is 2.28. The largest absolute Gasteiger partial charge is 0.456 e. The molecule has 0 saturated carbocycles. The third kappa shape index (κ3) is 3.23. The molecule has 0 fully saturated rings. The van der Waals surface area contributed by atoms with Gasteiger partial charge in [-0.05, 0) is 38.0 Å². The van der Waals surface area contributed by atoms with Gasteiger partial charge in [0, 0.05) is 0 Å². The summed E-state index contributed by atoms with van der Waals surface area (Å²) < 4.78 is 5.38. The van der Waals surface area contributed by atoms with Gasteiger partial charge in [-0.25, -0.2) is 4.79 Å². The number of ether oxygens (including phenoxy) is 1. The van der Waals surface area contributed by atoms with Gasteiger partial charge in [-0.15, -0.1) is 0 Å². The molecule has 0 aliphatic rings. The molecule has 0 unspecified atom stereocenters. The minimum atomic E-state index is -0.409. The third-order valence-electron chi connectivity index (χ3n) is 2.60. The molecule has 0 atom stereocenters. The molecular weight excluding hydrogens is 200 g/mol. The number of carbonyl (C=O) groups is 1. The summed E-state index contributed by atoms with van der Waals surface area (Å²) in [7, 11) is 0. The lowest BCUT2D eigenvalue weighted by Gasteiger charge is -2.23. The number of benzene rings is 1. The van der Waals surface area contributed by atoms with Crippen LogP contribution in [0, 0.1) is 0 Å². The van der Waals surface area contributed by atoms with E-state index >= 15 is 0 Å². The molecule has 2 nitrogen and oxygen atoms in total. The second-order valence-electron chi connectivity index (χ2n) is 4.33. The minimum absolute atomic E-state index is 0.275. The van der Waals surface area contributed by atoms with Crippen LogP contribution in [0.5, 0.6) is 0 Å². The van der Waals surface area contributed by atoms with E-state index < -0.39 is 5.60 Å². The lowest BCUT2D eigenvalue weighted by atomic mass is 10.1. The number of esters is 1. The Bertz CT molecular complexity index is 374. The molecule has 1 aromatic carbocycles. The Morgan fingerprint density at radius 1 is 1.38 bits per heavy atom. The van der Waals surface area contributed by atoms with Gasteiger partial charge >= 0.3 is 5.97 Å². The Morgan fingerprint density at radius 3 is 2.38 bits per heavy atom. The molecule has 0 heterocycles. The standard InChI is InChI=1S/C14H18O2/c1-5-11-7-9-12(10-8-11)13(15)16-14(3,4)6-2/h5,7-10H,1,6H2,2-4H3. The molecule has 0 aliphatic carbocycles. The minimum Gasteiger partial charge on any atom is -0.456 e. The number of hydrogen-bond donors (Lipinski definition) is 0. The predicted molar refractivity (Wildman–Crippen MR) is 66.3 cm³/mol. The van der Waals surface area contributed by atoms with Crippen molar-refractivity contribution in [2.75, 3.05) is 0 Å². The van der Waals surface area contributed by atoms with Crippen LogP contribution < -0.4 is 0 Å². The molecule has 0 amide bonds. The van der Waals surface area contributed by atoms with Gasteiger partial charge in [0.05, 0.1) is 5.56 Å². The van der Waals surface area contributed by atoms with Gasteiger partial charge in [0.15, 0.2) is 0 Å². The summed E-state index contributed by atoms with van der Waals surface area (Å²) in [6.45, 7) is 9.47. The first kappa shape index (κ1) is 12.5. The monoisotopic (exact) mass is 218 g/mol. The highest BCUT2D eigenvalue weighted by atomic mass is 16.6. The first-order chi connectivity index (χ1) is 7.48. The smallest absolute Gasteiger partial charge is 0.338 e. The van der Waals surface area contributed by atoms with Gasteiger partial charge < -0.3 is 4.74 Å². The van der Waals surface area contributed by atoms with Crippen molar-refractivity contribution in [2.45, 2.75) is 32.8 Å². The van der Waals surface area contributed by atoms with E-state index in [1.54, 1.807) is 18.2 Å². The number of hydrogen-bond acceptors (Lipinski definition) is 2. The molecule has 0 aromatic heterocycles. The molecule has 0 saturated heterocycles. The number of rotatable bonds is 4. The molecule has 1 rings (SSSR count). The Labute approximate surface area is 96.9 Å². The maximum absolute atomic E-state index is 11.8. The second-order valence-corrected chi connectivity index (χ2v) is 4.33. The summed E-state index contributed by atoms with van der Waals surface area (Å²) in [6, 6.07) is 7.21. The fourth-order valence-corrected chi connectivity index (χ4v) is 1.14. The highest BCUT2D eigenvalue weighted by Crippen LogP contribution is 2.17. The topological polar surface area (TPSA) is 26.3 Å². The quantitative estimate of drug-likeness (QED) is 0.721. The van der Waals surface area contributed by atoms with Gasteiger partial charge in [-0.3, -0.25) is 0 Å². The maximum atomic E-state index is 11.8. The SMILES string of the molecule is C=Cc1ccc(C(=O)OC(C)(C)CC)cc1. The fourth-order valence-electron chi connectivity index (χ4n) is 1.14. The summed E-state index contributed by atoms with van der Waals surface area (Å²) in [5.41, 5.74) is 1.16. The van der Waals surface area contributed by atoms with E-state index in [0.29, 0.717) is 5.56 Å². The zero-order valence-electron chi connectivity index (χ0n) is 10.1. The molecule has 0 N–H and O–H groups in total. The molecule has 2 heteroatoms. The van der Waals surface area contributed by atoms with E-state index in [0.717, 1.165) is 12.0 Å². The summed E-state index contributed by atoms with van der Waals surface area (Å²) in [6.07, 6.45) is 2.54. The normalized spacial score (nSPS) is 10.9. The molecule has 0 aliphatic heterocycles. The van der Waals surface area contributed by atoms with Crippen LogP contribution in [0.3, 0.4) is 0 Å². The zero-order valence-corrected chi connectivity index (χ0v) is 10.1. The Kier molecular flexibility index (Phi) is 3.88. The lowest BCUT2D eigenvalue weighted by Crippen LogP contribution is -2.27. The maximum Gasteiger partial charge on any atom is 0.338 e. The van der Waals surface area contributed by atoms with Gasteiger partial charge in [0.25, 0.3) is 0 Å². The van der Waals surface area contributed by atoms with Gasteiger partial charge in [-0.1, -0.05) is 31.7 Å². The molecule has 0 radical (unpaired) electrons. The van der Waals surface area contributed by atoms with Crippen LogP contribution in [0.25, 0.3) is 6.08 Å². The fraction of sp³-hybridized carbons (Fsp3) is 0.357. The first-order valence-electron chi connectivity index (χ1n) is 5.44. The van der Waals surface area contributed by atoms with Crippen molar-refractivity contribution in [3.05, 3.63) is 42.0 Å². The van der Waals surface area contributed by atoms with Crippen LogP contribution in [-0.2, 0) is 4.74 Å². The van der Waals surface area contributed by atoms with E-state index in [9.17, 15) is 4.79 Å². The van der Waals surface area contributed by atoms with Gasteiger partial charge in [0.2, 0.25) is 0 Å². The predicted octanol–water partition coefficient (Wildman–Crippen LogP) is 3.68. The third-order valence-corrected chi connectivity index (χ3v) is 2.60. The Balaban J connectivity index is 2.77. The second kappa shape index (κ2) is 4.97. The van der Waals surface area contributed by atoms with Gasteiger partial charge in [-0.2, -0.15) is 0 Å². The summed E-state index contributed by atoms with van der Waals surface area (Å²) in [5.74, 6) is -0.275. The van der Waals surface area contributed by atoms with E-state index in [2.05, 4.69) is 6.58 Å². The van der Waals surface area contributed by atoms with Crippen molar-refractivity contribution >= 4 is 12.0 Å². The molecule has 86 valence electrons. The summed E-state index contributed by atoms with van der Waals surface area (Å²) >= 11 is 0. The van der Waals surface area contributed by atoms with Crippen LogP contribution in [0.4, 0.5) is 0 Å². The number of carbonyl (C=O) groups excluding carboxylic acids is 1. The van der Waals surface area contributed by atoms with Crippen LogP contribution in [-0.4, -0.2) is 11.6 Å². The lowest BCUT2D eigenvalue weighted by molar-refractivity contribution is -0.00243. The van der Waals surface area contributed by atoms with E-state index in [1.165, 1.54) is 0 Å². The Hall–Kier alpha value is -1.57. The van der Waals surface area contributed by atoms with Crippen molar-refractivity contribution in [3.8, 4) is 0 Å². The molecular formula is C14H18O2. The Morgan fingerprint density at radius 2 is 1.94 bits per heavy atom. The first-order valence-corrected chi connectivity index (χ1v) is 5.44. The van der Waals surface area contributed by atoms with Crippen molar-refractivity contribution in [2.24, 2.45) is 0 Å². The average molecular weight is 218 g/mol. The summed E-state index contributed by atoms with van der Waals surface area (Å²) in [5, 5.41) is 0. The molecule has 16 heavy (non-hydrogen) atoms. The van der Waals surface area contributed by atoms with E-state index in [4.69, 9.17) is 4.74 Å². The molecule has 0 spiro atoms. The van der Waals surface area contributed by atoms with Crippen molar-refractivity contribution in [1.29, 1.82) is 0 Å². The highest BCUT2D eigenvalue weighted by Gasteiger charge is 2.21. The molecule has 1 aromatic rings. The van der Waals surface area contributed by atoms with Crippen LogP contribution in [0.2, 0.25) is 0 Å². The highest BCUT2D eigenvalue weighted by molar-refractivity contribution is 5.89.